The van der Waals surface area contributed by atoms with E-state index < -0.39 is 0 Å². The molecule has 2 fully saturated rings. The second-order valence-electron chi connectivity index (χ2n) is 6.94. The van der Waals surface area contributed by atoms with Crippen LogP contribution in [0.4, 0.5) is 0 Å². The Balaban J connectivity index is 1.41. The van der Waals surface area contributed by atoms with Gasteiger partial charge in [0.2, 0.25) is 5.91 Å². The number of amides is 1. The van der Waals surface area contributed by atoms with Gasteiger partial charge in [-0.15, -0.1) is 0 Å². The molecule has 0 aromatic heterocycles. The van der Waals surface area contributed by atoms with Crippen LogP contribution in [-0.4, -0.2) is 25.0 Å². The van der Waals surface area contributed by atoms with Crippen LogP contribution in [0.5, 0.6) is 0 Å². The molecule has 1 saturated heterocycles. The lowest BCUT2D eigenvalue weighted by Gasteiger charge is -2.29. The Morgan fingerprint density at radius 1 is 1.09 bits per heavy atom. The number of carbonyl (C=O) groups excluding carboxylic acids is 1. The molecule has 1 heterocycles. The third kappa shape index (κ3) is 4.33. The summed E-state index contributed by atoms with van der Waals surface area (Å²) in [7, 11) is 0. The maximum Gasteiger partial charge on any atom is 0.220 e. The lowest BCUT2D eigenvalue weighted by molar-refractivity contribution is -0.123. The predicted molar refractivity (Wildman–Crippen MR) is 89.8 cm³/mol. The van der Waals surface area contributed by atoms with Crippen LogP contribution >= 0.6 is 0 Å². The quantitative estimate of drug-likeness (QED) is 0.896. The highest BCUT2D eigenvalue weighted by Gasteiger charge is 2.25. The molecule has 3 rings (SSSR count). The van der Waals surface area contributed by atoms with E-state index in [4.69, 9.17) is 0 Å². The Hall–Kier alpha value is -1.35. The van der Waals surface area contributed by atoms with E-state index in [-0.39, 0.29) is 5.91 Å². The van der Waals surface area contributed by atoms with Crippen molar-refractivity contribution in [3.63, 3.8) is 0 Å². The SMILES string of the molecule is O=C(CC1CCC(c2ccccc2)CC1)N[C@H]1CCCNC1. The fourth-order valence-corrected chi connectivity index (χ4v) is 3.95. The van der Waals surface area contributed by atoms with E-state index >= 15 is 0 Å². The van der Waals surface area contributed by atoms with Gasteiger partial charge in [0.15, 0.2) is 0 Å². The molecule has 1 saturated carbocycles. The van der Waals surface area contributed by atoms with Gasteiger partial charge in [-0.3, -0.25) is 4.79 Å². The molecule has 120 valence electrons. The highest BCUT2D eigenvalue weighted by Crippen LogP contribution is 2.36. The molecule has 0 bridgehead atoms. The van der Waals surface area contributed by atoms with E-state index in [1.165, 1.54) is 37.7 Å². The lowest BCUT2D eigenvalue weighted by Crippen LogP contribution is -2.46. The van der Waals surface area contributed by atoms with Gasteiger partial charge in [0.1, 0.15) is 0 Å². The van der Waals surface area contributed by atoms with Crippen molar-refractivity contribution in [1.82, 2.24) is 10.6 Å². The van der Waals surface area contributed by atoms with Crippen LogP contribution in [0.3, 0.4) is 0 Å². The molecular weight excluding hydrogens is 272 g/mol. The van der Waals surface area contributed by atoms with Crippen LogP contribution < -0.4 is 10.6 Å². The Morgan fingerprint density at radius 2 is 1.86 bits per heavy atom. The number of benzene rings is 1. The summed E-state index contributed by atoms with van der Waals surface area (Å²) < 4.78 is 0. The maximum absolute atomic E-state index is 12.2. The molecular formula is C19H28N2O. The zero-order valence-corrected chi connectivity index (χ0v) is 13.4. The van der Waals surface area contributed by atoms with Gasteiger partial charge >= 0.3 is 0 Å². The van der Waals surface area contributed by atoms with Crippen molar-refractivity contribution < 1.29 is 4.79 Å². The van der Waals surface area contributed by atoms with Gasteiger partial charge in [-0.05, 0) is 62.5 Å². The van der Waals surface area contributed by atoms with E-state index in [2.05, 4.69) is 41.0 Å². The topological polar surface area (TPSA) is 41.1 Å². The van der Waals surface area contributed by atoms with Crippen molar-refractivity contribution in [2.75, 3.05) is 13.1 Å². The predicted octanol–water partition coefficient (Wildman–Crippen LogP) is 3.22. The highest BCUT2D eigenvalue weighted by atomic mass is 16.1. The molecule has 3 heteroatoms. The van der Waals surface area contributed by atoms with Crippen LogP contribution in [-0.2, 0) is 4.79 Å². The molecule has 1 aliphatic heterocycles. The fraction of sp³-hybridized carbons (Fsp3) is 0.632. The van der Waals surface area contributed by atoms with Crippen molar-refractivity contribution in [2.45, 2.75) is 56.9 Å². The van der Waals surface area contributed by atoms with Crippen molar-refractivity contribution in [2.24, 2.45) is 5.92 Å². The largest absolute Gasteiger partial charge is 0.352 e. The third-order valence-electron chi connectivity index (χ3n) is 5.25. The monoisotopic (exact) mass is 300 g/mol. The smallest absolute Gasteiger partial charge is 0.220 e. The molecule has 0 spiro atoms. The zero-order chi connectivity index (χ0) is 15.2. The normalized spacial score (nSPS) is 29.0. The number of nitrogens with one attached hydrogen (secondary N) is 2. The van der Waals surface area contributed by atoms with Crippen LogP contribution in [0.2, 0.25) is 0 Å². The summed E-state index contributed by atoms with van der Waals surface area (Å²) in [4.78, 5) is 12.2. The third-order valence-corrected chi connectivity index (χ3v) is 5.25. The standard InChI is InChI=1S/C19H28N2O/c22-19(21-18-7-4-12-20-14-18)13-15-8-10-17(11-9-15)16-5-2-1-3-6-16/h1-3,5-6,15,17-18,20H,4,7-14H2,(H,21,22)/t15?,17?,18-/m0/s1. The molecule has 3 nitrogen and oxygen atoms in total. The Bertz CT molecular complexity index is 460. The van der Waals surface area contributed by atoms with E-state index in [0.717, 1.165) is 25.9 Å². The van der Waals surface area contributed by atoms with Crippen molar-refractivity contribution >= 4 is 5.91 Å². The molecule has 2 N–H and O–H groups in total. The minimum absolute atomic E-state index is 0.261. The second-order valence-corrected chi connectivity index (χ2v) is 6.94. The Kier molecular flexibility index (Phi) is 5.49. The van der Waals surface area contributed by atoms with Gasteiger partial charge in [0, 0.05) is 19.0 Å². The summed E-state index contributed by atoms with van der Waals surface area (Å²) in [5.74, 6) is 1.54. The highest BCUT2D eigenvalue weighted by molar-refractivity contribution is 5.76. The zero-order valence-electron chi connectivity index (χ0n) is 13.4. The van der Waals surface area contributed by atoms with E-state index in [1.54, 1.807) is 0 Å². The minimum Gasteiger partial charge on any atom is -0.352 e. The molecule has 1 atom stereocenters. The van der Waals surface area contributed by atoms with Gasteiger partial charge in [0.25, 0.3) is 0 Å². The molecule has 2 aliphatic rings. The average Bonchev–Trinajstić information content (AvgIpc) is 2.57. The Morgan fingerprint density at radius 3 is 2.55 bits per heavy atom. The Labute approximate surface area is 133 Å². The van der Waals surface area contributed by atoms with Crippen LogP contribution in [0.1, 0.15) is 56.4 Å². The summed E-state index contributed by atoms with van der Waals surface area (Å²) in [5.41, 5.74) is 1.47. The van der Waals surface area contributed by atoms with E-state index in [0.29, 0.717) is 17.9 Å². The number of rotatable bonds is 4. The maximum atomic E-state index is 12.2. The molecule has 1 aromatic carbocycles. The van der Waals surface area contributed by atoms with Crippen molar-refractivity contribution in [1.29, 1.82) is 0 Å². The summed E-state index contributed by atoms with van der Waals surface area (Å²) in [6, 6.07) is 11.2. The summed E-state index contributed by atoms with van der Waals surface area (Å²) in [6.45, 7) is 2.03. The van der Waals surface area contributed by atoms with Gasteiger partial charge < -0.3 is 10.6 Å². The van der Waals surface area contributed by atoms with Gasteiger partial charge in [-0.2, -0.15) is 0 Å². The fourth-order valence-electron chi connectivity index (χ4n) is 3.95. The van der Waals surface area contributed by atoms with E-state index in [1.807, 2.05) is 0 Å². The average molecular weight is 300 g/mol. The van der Waals surface area contributed by atoms with Gasteiger partial charge in [0.05, 0.1) is 0 Å². The van der Waals surface area contributed by atoms with Crippen molar-refractivity contribution in [3.05, 3.63) is 35.9 Å². The summed E-state index contributed by atoms with van der Waals surface area (Å²) >= 11 is 0. The lowest BCUT2D eigenvalue weighted by atomic mass is 9.77. The van der Waals surface area contributed by atoms with Crippen LogP contribution in [0.15, 0.2) is 30.3 Å². The second kappa shape index (κ2) is 7.77. The summed E-state index contributed by atoms with van der Waals surface area (Å²) in [5, 5.41) is 6.56. The van der Waals surface area contributed by atoms with Crippen LogP contribution in [0.25, 0.3) is 0 Å². The molecule has 0 radical (unpaired) electrons. The van der Waals surface area contributed by atoms with E-state index in [9.17, 15) is 4.79 Å². The van der Waals surface area contributed by atoms with Crippen molar-refractivity contribution in [3.8, 4) is 0 Å². The first-order valence-corrected chi connectivity index (χ1v) is 8.86. The molecule has 1 aliphatic carbocycles. The minimum atomic E-state index is 0.261. The molecule has 22 heavy (non-hydrogen) atoms. The first-order valence-electron chi connectivity index (χ1n) is 8.86. The van der Waals surface area contributed by atoms with Crippen LogP contribution in [0, 0.1) is 5.92 Å². The molecule has 0 unspecified atom stereocenters. The summed E-state index contributed by atoms with van der Waals surface area (Å²) in [6.07, 6.45) is 7.86. The number of hydrogen-bond donors (Lipinski definition) is 2. The van der Waals surface area contributed by atoms with Gasteiger partial charge in [-0.1, -0.05) is 30.3 Å². The first-order chi connectivity index (χ1) is 10.8. The molecule has 1 amide bonds. The number of hydrogen-bond acceptors (Lipinski definition) is 2. The van der Waals surface area contributed by atoms with Gasteiger partial charge in [-0.25, -0.2) is 0 Å². The molecule has 1 aromatic rings. The first kappa shape index (κ1) is 15.5. The number of carbonyl (C=O) groups is 1. The number of piperidine rings is 1.